The summed E-state index contributed by atoms with van der Waals surface area (Å²) >= 11 is 1.01. The summed E-state index contributed by atoms with van der Waals surface area (Å²) in [5.41, 5.74) is 6.32. The molecule has 3 N–H and O–H groups in total. The van der Waals surface area contributed by atoms with Crippen LogP contribution in [0.5, 0.6) is 0 Å². The molecule has 7 nitrogen and oxygen atoms in total. The monoisotopic (exact) mass is 549 g/mol. The first kappa shape index (κ1) is 24.3. The van der Waals surface area contributed by atoms with Crippen LogP contribution in [0.3, 0.4) is 0 Å². The van der Waals surface area contributed by atoms with E-state index in [0.717, 1.165) is 34.5 Å². The highest BCUT2D eigenvalue weighted by Gasteiger charge is 2.19. The molecule has 0 saturated heterocycles. The second-order valence-electron chi connectivity index (χ2n) is 9.37. The standard InChI is InChI=1S/C30H21F2N7S/c31-22-12-19(20-10-18(15-34-16-20)14-33-13-17-4-2-1-3-5-17)11-21-26(22)38-39-27(21)30-36-23-8-9-35-29(28(23)37-30)24-6-7-25(32)40-24/h1-12,15-16,33H,13-14H2,(H,36,37)(H,38,39). The fraction of sp³-hybridized carbons (Fsp3) is 0.0667. The lowest BCUT2D eigenvalue weighted by Gasteiger charge is -2.08. The van der Waals surface area contributed by atoms with Crippen molar-refractivity contribution in [3.63, 3.8) is 0 Å². The zero-order valence-corrected chi connectivity index (χ0v) is 21.8. The maximum absolute atomic E-state index is 15.3. The molecule has 0 amide bonds. The van der Waals surface area contributed by atoms with Gasteiger partial charge in [0.2, 0.25) is 0 Å². The van der Waals surface area contributed by atoms with Crippen LogP contribution in [0.1, 0.15) is 11.1 Å². The van der Waals surface area contributed by atoms with E-state index in [4.69, 9.17) is 4.98 Å². The molecule has 40 heavy (non-hydrogen) atoms. The minimum Gasteiger partial charge on any atom is -0.337 e. The van der Waals surface area contributed by atoms with Crippen molar-refractivity contribution in [2.75, 3.05) is 0 Å². The van der Waals surface area contributed by atoms with Gasteiger partial charge in [-0.05, 0) is 53.1 Å². The number of benzene rings is 2. The molecule has 0 spiro atoms. The van der Waals surface area contributed by atoms with Crippen molar-refractivity contribution < 1.29 is 8.78 Å². The van der Waals surface area contributed by atoms with Crippen LogP contribution in [0.2, 0.25) is 0 Å². The molecule has 0 aliphatic heterocycles. The Balaban J connectivity index is 1.23. The summed E-state index contributed by atoms with van der Waals surface area (Å²) in [5.74, 6) is 0.0347. The predicted molar refractivity (Wildman–Crippen MR) is 152 cm³/mol. The SMILES string of the molecule is Fc1ccc(-c2nccc3[nH]c(-c4[nH]nc5c(F)cc(-c6cncc(CNCc7ccccc7)c6)cc45)nc23)s1. The van der Waals surface area contributed by atoms with Gasteiger partial charge in [0, 0.05) is 42.6 Å². The summed E-state index contributed by atoms with van der Waals surface area (Å²) in [6.07, 6.45) is 5.17. The van der Waals surface area contributed by atoms with Gasteiger partial charge in [0.1, 0.15) is 22.4 Å². The Morgan fingerprint density at radius 2 is 1.73 bits per heavy atom. The van der Waals surface area contributed by atoms with Crippen molar-refractivity contribution in [1.29, 1.82) is 0 Å². The van der Waals surface area contributed by atoms with Crippen LogP contribution >= 0.6 is 11.3 Å². The number of fused-ring (bicyclic) bond motifs is 2. The van der Waals surface area contributed by atoms with E-state index in [9.17, 15) is 4.39 Å². The maximum Gasteiger partial charge on any atom is 0.177 e. The average molecular weight is 550 g/mol. The predicted octanol–water partition coefficient (Wildman–Crippen LogP) is 6.86. The molecular formula is C30H21F2N7S. The first-order valence-electron chi connectivity index (χ1n) is 12.6. The van der Waals surface area contributed by atoms with Gasteiger partial charge in [0.25, 0.3) is 0 Å². The molecule has 196 valence electrons. The van der Waals surface area contributed by atoms with Crippen molar-refractivity contribution in [2.45, 2.75) is 13.1 Å². The van der Waals surface area contributed by atoms with Crippen molar-refractivity contribution in [3.05, 3.63) is 107 Å². The Kier molecular flexibility index (Phi) is 6.10. The molecule has 0 aliphatic carbocycles. The van der Waals surface area contributed by atoms with Crippen LogP contribution in [-0.4, -0.2) is 30.1 Å². The van der Waals surface area contributed by atoms with E-state index in [-0.39, 0.29) is 10.6 Å². The van der Waals surface area contributed by atoms with E-state index in [1.54, 1.807) is 30.7 Å². The summed E-state index contributed by atoms with van der Waals surface area (Å²) in [4.78, 5) is 17.5. The number of nitrogens with one attached hydrogen (secondary N) is 3. The topological polar surface area (TPSA) is 95.2 Å². The van der Waals surface area contributed by atoms with Crippen molar-refractivity contribution in [2.24, 2.45) is 0 Å². The summed E-state index contributed by atoms with van der Waals surface area (Å²) in [7, 11) is 0. The van der Waals surface area contributed by atoms with Crippen molar-refractivity contribution in [3.8, 4) is 33.2 Å². The maximum atomic E-state index is 15.3. The van der Waals surface area contributed by atoms with Gasteiger partial charge in [-0.1, -0.05) is 30.3 Å². The molecule has 7 rings (SSSR count). The molecule has 5 heterocycles. The molecule has 0 atom stereocenters. The molecule has 10 heteroatoms. The number of pyridine rings is 2. The highest BCUT2D eigenvalue weighted by atomic mass is 32.1. The summed E-state index contributed by atoms with van der Waals surface area (Å²) in [5, 5.41) is 10.9. The van der Waals surface area contributed by atoms with E-state index < -0.39 is 5.82 Å². The van der Waals surface area contributed by atoms with Gasteiger partial charge < -0.3 is 10.3 Å². The Morgan fingerprint density at radius 3 is 2.58 bits per heavy atom. The van der Waals surface area contributed by atoms with Crippen LogP contribution in [0.4, 0.5) is 8.78 Å². The van der Waals surface area contributed by atoms with Crippen LogP contribution in [0.25, 0.3) is 55.2 Å². The summed E-state index contributed by atoms with van der Waals surface area (Å²) < 4.78 is 28.9. The Morgan fingerprint density at radius 1 is 0.850 bits per heavy atom. The normalized spacial score (nSPS) is 11.6. The Bertz CT molecular complexity index is 1980. The van der Waals surface area contributed by atoms with Crippen LogP contribution in [0, 0.1) is 10.9 Å². The number of aromatic nitrogens is 6. The fourth-order valence-corrected chi connectivity index (χ4v) is 5.52. The minimum atomic E-state index is -0.449. The Hall–Kier alpha value is -4.80. The zero-order valence-electron chi connectivity index (χ0n) is 21.0. The molecule has 0 fully saturated rings. The lowest BCUT2D eigenvalue weighted by molar-refractivity contribution is 0.636. The van der Waals surface area contributed by atoms with Gasteiger partial charge in [-0.3, -0.25) is 15.1 Å². The van der Waals surface area contributed by atoms with E-state index in [1.165, 1.54) is 17.7 Å². The van der Waals surface area contributed by atoms with Gasteiger partial charge in [-0.25, -0.2) is 9.37 Å². The van der Waals surface area contributed by atoms with Crippen LogP contribution < -0.4 is 5.32 Å². The second kappa shape index (κ2) is 10.1. The van der Waals surface area contributed by atoms with Gasteiger partial charge >= 0.3 is 0 Å². The second-order valence-corrected chi connectivity index (χ2v) is 10.4. The number of H-pyrrole nitrogens is 2. The molecule has 5 aromatic heterocycles. The molecule has 0 radical (unpaired) electrons. The van der Waals surface area contributed by atoms with Crippen LogP contribution in [0.15, 0.2) is 85.3 Å². The number of thiophene rings is 1. The van der Waals surface area contributed by atoms with E-state index in [0.29, 0.717) is 45.1 Å². The number of nitrogens with zero attached hydrogens (tertiary/aromatic N) is 4. The first-order valence-corrected chi connectivity index (χ1v) is 13.4. The van der Waals surface area contributed by atoms with E-state index in [2.05, 4.69) is 42.6 Å². The number of rotatable bonds is 7. The highest BCUT2D eigenvalue weighted by molar-refractivity contribution is 7.13. The number of aromatic amines is 2. The number of halogens is 2. The average Bonchev–Trinajstić information content (AvgIpc) is 3.71. The Labute approximate surface area is 231 Å². The summed E-state index contributed by atoms with van der Waals surface area (Å²) in [6, 6.07) is 20.4. The van der Waals surface area contributed by atoms with E-state index >= 15 is 4.39 Å². The third-order valence-electron chi connectivity index (χ3n) is 6.69. The molecule has 7 aromatic rings. The first-order chi connectivity index (χ1) is 19.6. The van der Waals surface area contributed by atoms with Crippen LogP contribution in [-0.2, 0) is 13.1 Å². The molecule has 0 unspecified atom stereocenters. The highest BCUT2D eigenvalue weighted by Crippen LogP contribution is 2.35. The zero-order chi connectivity index (χ0) is 27.1. The third-order valence-corrected chi connectivity index (χ3v) is 7.57. The number of hydrogen-bond donors (Lipinski definition) is 3. The minimum absolute atomic E-state index is 0.214. The molecule has 2 aromatic carbocycles. The molecular weight excluding hydrogens is 528 g/mol. The van der Waals surface area contributed by atoms with Gasteiger partial charge in [0.15, 0.2) is 16.8 Å². The van der Waals surface area contributed by atoms with Crippen molar-refractivity contribution >= 4 is 33.3 Å². The third kappa shape index (κ3) is 4.53. The van der Waals surface area contributed by atoms with Gasteiger partial charge in [-0.15, -0.1) is 11.3 Å². The van der Waals surface area contributed by atoms with Gasteiger partial charge in [-0.2, -0.15) is 9.49 Å². The molecule has 0 aliphatic rings. The largest absolute Gasteiger partial charge is 0.337 e. The lowest BCUT2D eigenvalue weighted by atomic mass is 10.0. The summed E-state index contributed by atoms with van der Waals surface area (Å²) in [6.45, 7) is 1.36. The molecule has 0 bridgehead atoms. The molecule has 0 saturated carbocycles. The van der Waals surface area contributed by atoms with E-state index in [1.807, 2.05) is 30.3 Å². The lowest BCUT2D eigenvalue weighted by Crippen LogP contribution is -2.12. The quantitative estimate of drug-likeness (QED) is 0.202. The number of hydrogen-bond acceptors (Lipinski definition) is 6. The smallest absolute Gasteiger partial charge is 0.177 e. The van der Waals surface area contributed by atoms with Gasteiger partial charge in [0.05, 0.1) is 10.4 Å². The number of imidazole rings is 1. The fourth-order valence-electron chi connectivity index (χ4n) is 4.79. The van der Waals surface area contributed by atoms with Crippen molar-refractivity contribution in [1.82, 2.24) is 35.5 Å².